The number of nitrogens with zero attached hydrogens (tertiary/aromatic N) is 2. The van der Waals surface area contributed by atoms with Crippen LogP contribution >= 0.6 is 11.6 Å². The molecule has 1 fully saturated rings. The first-order valence-electron chi connectivity index (χ1n) is 12.5. The van der Waals surface area contributed by atoms with Crippen LogP contribution in [0.4, 0.5) is 8.78 Å². The number of halogens is 3. The van der Waals surface area contributed by atoms with E-state index in [0.29, 0.717) is 4.90 Å². The Balaban J connectivity index is 1.83. The molecule has 4 nitrogen and oxygen atoms in total. The number of carbonyl (C=O) groups excluding carboxylic acids is 1. The van der Waals surface area contributed by atoms with E-state index in [-0.39, 0.29) is 23.4 Å². The van der Waals surface area contributed by atoms with Gasteiger partial charge in [0.1, 0.15) is 11.5 Å². The molecule has 150 valence electrons. The van der Waals surface area contributed by atoms with Crippen LogP contribution in [0.15, 0.2) is 36.5 Å². The van der Waals surface area contributed by atoms with Crippen LogP contribution in [-0.4, -0.2) is 41.0 Å². The zero-order chi connectivity index (χ0) is 27.3. The van der Waals surface area contributed by atoms with Crippen molar-refractivity contribution in [1.82, 2.24) is 15.2 Å². The van der Waals surface area contributed by atoms with Crippen molar-refractivity contribution in [2.24, 2.45) is 0 Å². The number of benzene rings is 1. The SMILES string of the molecule is [2H]C([2H])(C)c1ccc(CNC([2H])([2H])C2(F)CC([2H])([2H])N(C(=O)c3ccc(F)c(Cl)c3)CC2([2H])[2H])nc1. The van der Waals surface area contributed by atoms with Crippen molar-refractivity contribution in [2.75, 3.05) is 19.5 Å². The highest BCUT2D eigenvalue weighted by molar-refractivity contribution is 6.31. The third-order valence-corrected chi connectivity index (χ3v) is 4.40. The Kier molecular flexibility index (Phi) is 4.00. The predicted molar refractivity (Wildman–Crippen MR) is 106 cm³/mol. The third-order valence-electron chi connectivity index (χ3n) is 4.11. The first-order chi connectivity index (χ1) is 16.3. The van der Waals surface area contributed by atoms with Crippen LogP contribution in [0.25, 0.3) is 0 Å². The highest BCUT2D eigenvalue weighted by Crippen LogP contribution is 2.27. The number of alkyl halides is 1. The molecular weight excluding hydrogens is 384 g/mol. The van der Waals surface area contributed by atoms with Gasteiger partial charge in [-0.3, -0.25) is 9.78 Å². The molecule has 28 heavy (non-hydrogen) atoms. The average molecular weight is 416 g/mol. The lowest BCUT2D eigenvalue weighted by molar-refractivity contribution is 0.0434. The van der Waals surface area contributed by atoms with Gasteiger partial charge in [-0.2, -0.15) is 0 Å². The summed E-state index contributed by atoms with van der Waals surface area (Å²) >= 11 is 5.69. The molecule has 1 aromatic carbocycles. The van der Waals surface area contributed by atoms with Crippen molar-refractivity contribution in [3.05, 3.63) is 64.2 Å². The van der Waals surface area contributed by atoms with E-state index in [1.165, 1.54) is 25.3 Å². The van der Waals surface area contributed by atoms with Gasteiger partial charge >= 0.3 is 0 Å². The fourth-order valence-corrected chi connectivity index (χ4v) is 2.68. The van der Waals surface area contributed by atoms with Crippen molar-refractivity contribution in [1.29, 1.82) is 0 Å². The minimum atomic E-state index is -3.42. The number of hydrogen-bond acceptors (Lipinski definition) is 3. The van der Waals surface area contributed by atoms with E-state index in [4.69, 9.17) is 22.6 Å². The van der Waals surface area contributed by atoms with Crippen molar-refractivity contribution < 1.29 is 24.5 Å². The first kappa shape index (κ1) is 12.5. The topological polar surface area (TPSA) is 45.2 Å². The van der Waals surface area contributed by atoms with E-state index >= 15 is 4.39 Å². The molecular formula is C21H24ClF2N3O. The van der Waals surface area contributed by atoms with E-state index < -0.39 is 61.1 Å². The Morgan fingerprint density at radius 1 is 1.46 bits per heavy atom. The number of piperidine rings is 1. The number of likely N-dealkylation sites (tertiary alicyclic amines) is 1. The highest BCUT2D eigenvalue weighted by atomic mass is 35.5. The first-order valence-corrected chi connectivity index (χ1v) is 8.85. The quantitative estimate of drug-likeness (QED) is 0.770. The maximum absolute atomic E-state index is 16.2. The number of aromatic nitrogens is 1. The molecule has 1 amide bonds. The van der Waals surface area contributed by atoms with Gasteiger partial charge in [0.2, 0.25) is 0 Å². The molecule has 7 heteroatoms. The Morgan fingerprint density at radius 3 is 2.96 bits per heavy atom. The molecule has 3 rings (SSSR count). The molecule has 0 spiro atoms. The van der Waals surface area contributed by atoms with Crippen molar-refractivity contribution in [3.8, 4) is 0 Å². The molecule has 2 heterocycles. The van der Waals surface area contributed by atoms with Crippen LogP contribution < -0.4 is 5.32 Å². The van der Waals surface area contributed by atoms with E-state index in [2.05, 4.69) is 10.3 Å². The molecule has 0 bridgehead atoms. The minimum Gasteiger partial charge on any atom is -0.338 e. The fourth-order valence-electron chi connectivity index (χ4n) is 2.50. The summed E-state index contributed by atoms with van der Waals surface area (Å²) in [5.74, 6) is -1.87. The van der Waals surface area contributed by atoms with E-state index in [0.717, 1.165) is 18.2 Å². The second-order valence-electron chi connectivity index (χ2n) is 6.10. The molecule has 2 aromatic rings. The molecule has 1 aliphatic rings. The standard InChI is InChI=1S/C21H24ClF2N3O/c1-2-15-3-5-17(26-12-15)13-25-14-21(24)7-9-27(10-8-21)20(28)16-4-6-19(23)18(22)11-16/h3-6,11-12,25H,2,7-10,13-14H2,1H3/i2D2,7D2,10D2,14D2. The van der Waals surface area contributed by atoms with E-state index in [1.807, 2.05) is 0 Å². The summed E-state index contributed by atoms with van der Waals surface area (Å²) in [5.41, 5.74) is -3.15. The number of rotatable bonds is 6. The van der Waals surface area contributed by atoms with Crippen LogP contribution in [0.2, 0.25) is 5.02 Å². The fraction of sp³-hybridized carbons (Fsp3) is 0.429. The molecule has 0 saturated carbocycles. The van der Waals surface area contributed by atoms with Gasteiger partial charge in [-0.05, 0) is 36.2 Å². The van der Waals surface area contributed by atoms with Crippen molar-refractivity contribution in [2.45, 2.75) is 38.3 Å². The Labute approximate surface area is 180 Å². The highest BCUT2D eigenvalue weighted by Gasteiger charge is 2.35. The zero-order valence-electron chi connectivity index (χ0n) is 23.0. The molecule has 0 radical (unpaired) electrons. The van der Waals surface area contributed by atoms with E-state index in [9.17, 15) is 9.18 Å². The van der Waals surface area contributed by atoms with Crippen LogP contribution in [0.1, 0.15) is 52.3 Å². The summed E-state index contributed by atoms with van der Waals surface area (Å²) in [6.45, 7) is -6.05. The Bertz CT molecular complexity index is 1150. The molecule has 1 aliphatic heterocycles. The van der Waals surface area contributed by atoms with Gasteiger partial charge in [0.05, 0.1) is 10.7 Å². The maximum Gasteiger partial charge on any atom is 0.253 e. The predicted octanol–water partition coefficient (Wildman–Crippen LogP) is 4.17. The molecule has 0 aliphatic carbocycles. The Morgan fingerprint density at radius 2 is 2.29 bits per heavy atom. The van der Waals surface area contributed by atoms with Crippen LogP contribution in [0.5, 0.6) is 0 Å². The number of amides is 1. The lowest BCUT2D eigenvalue weighted by atomic mass is 9.92. The zero-order valence-corrected chi connectivity index (χ0v) is 15.8. The lowest BCUT2D eigenvalue weighted by Crippen LogP contribution is -2.48. The van der Waals surface area contributed by atoms with Gasteiger partial charge < -0.3 is 10.2 Å². The monoisotopic (exact) mass is 415 g/mol. The maximum atomic E-state index is 16.2. The summed E-state index contributed by atoms with van der Waals surface area (Å²) in [6, 6.07) is 5.73. The smallest absolute Gasteiger partial charge is 0.253 e. The summed E-state index contributed by atoms with van der Waals surface area (Å²) in [7, 11) is 0. The average Bonchev–Trinajstić information content (AvgIpc) is 2.76. The van der Waals surface area contributed by atoms with Crippen LogP contribution in [0, 0.1) is 5.82 Å². The largest absolute Gasteiger partial charge is 0.338 e. The van der Waals surface area contributed by atoms with Gasteiger partial charge in [-0.15, -0.1) is 0 Å². The molecule has 1 saturated heterocycles. The number of hydrogen-bond donors (Lipinski definition) is 1. The third kappa shape index (κ3) is 5.06. The second-order valence-corrected chi connectivity index (χ2v) is 6.51. The van der Waals surface area contributed by atoms with E-state index in [1.54, 1.807) is 0 Å². The minimum absolute atomic E-state index is 0.222. The number of pyridine rings is 1. The molecule has 1 N–H and O–H groups in total. The summed E-state index contributed by atoms with van der Waals surface area (Å²) in [6.07, 6.45) is -4.77. The van der Waals surface area contributed by atoms with Crippen molar-refractivity contribution >= 4 is 17.5 Å². The molecule has 1 aromatic heterocycles. The number of aryl methyl sites for hydroxylation is 1. The molecule has 1 unspecified atom stereocenters. The summed E-state index contributed by atoms with van der Waals surface area (Å²) in [4.78, 5) is 17.4. The van der Waals surface area contributed by atoms with Gasteiger partial charge in [-0.25, -0.2) is 8.78 Å². The van der Waals surface area contributed by atoms with Gasteiger partial charge in [0.25, 0.3) is 5.91 Å². The second kappa shape index (κ2) is 8.97. The van der Waals surface area contributed by atoms with Crippen LogP contribution in [-0.2, 0) is 12.9 Å². The number of carbonyl (C=O) groups is 1. The summed E-state index contributed by atoms with van der Waals surface area (Å²) < 4.78 is 94.6. The van der Waals surface area contributed by atoms with Crippen LogP contribution in [0.3, 0.4) is 0 Å². The normalized spacial score (nSPS) is 28.5. The molecule has 1 atom stereocenters. The summed E-state index contributed by atoms with van der Waals surface area (Å²) in [5, 5.41) is 1.86. The van der Waals surface area contributed by atoms with Crippen molar-refractivity contribution in [3.63, 3.8) is 0 Å². The lowest BCUT2D eigenvalue weighted by Gasteiger charge is -2.36. The van der Waals surface area contributed by atoms with Gasteiger partial charge in [0.15, 0.2) is 0 Å². The van der Waals surface area contributed by atoms with Gasteiger partial charge in [-0.1, -0.05) is 24.6 Å². The van der Waals surface area contributed by atoms with Gasteiger partial charge in [0, 0.05) is 61.6 Å². The number of nitrogens with one attached hydrogen (secondary N) is 1. The Hall–Kier alpha value is -2.05.